The quantitative estimate of drug-likeness (QED) is 0.830. The first kappa shape index (κ1) is 16.0. The fraction of sp³-hybridized carbons (Fsp3) is 0.688. The van der Waals surface area contributed by atoms with E-state index in [1.54, 1.807) is 18.6 Å². The van der Waals surface area contributed by atoms with E-state index in [-0.39, 0.29) is 24.3 Å². The van der Waals surface area contributed by atoms with Crippen LogP contribution in [0.15, 0.2) is 18.6 Å². The SMILES string of the molecule is CC(C)(C)OC(=O)N1[C@@H]2COC[C@H]1CC(Oc1cnccn1)C2. The number of piperidine rings is 1. The van der Waals surface area contributed by atoms with Gasteiger partial charge >= 0.3 is 6.09 Å². The van der Waals surface area contributed by atoms with Crippen molar-refractivity contribution in [3.63, 3.8) is 0 Å². The minimum atomic E-state index is -0.501. The van der Waals surface area contributed by atoms with Gasteiger partial charge in [0, 0.05) is 25.2 Å². The molecule has 3 rings (SSSR count). The van der Waals surface area contributed by atoms with Crippen LogP contribution in [0.1, 0.15) is 33.6 Å². The van der Waals surface area contributed by atoms with Crippen LogP contribution in [0, 0.1) is 0 Å². The number of rotatable bonds is 2. The lowest BCUT2D eigenvalue weighted by Gasteiger charge is -2.47. The molecule has 0 N–H and O–H groups in total. The van der Waals surface area contributed by atoms with Crippen molar-refractivity contribution in [3.05, 3.63) is 18.6 Å². The molecule has 1 aromatic heterocycles. The average molecular weight is 321 g/mol. The Balaban J connectivity index is 1.67. The molecular formula is C16H23N3O4. The van der Waals surface area contributed by atoms with Crippen molar-refractivity contribution in [2.24, 2.45) is 0 Å². The van der Waals surface area contributed by atoms with E-state index in [1.165, 1.54) is 0 Å². The summed E-state index contributed by atoms with van der Waals surface area (Å²) in [5.41, 5.74) is -0.501. The average Bonchev–Trinajstić information content (AvgIpc) is 2.45. The fourth-order valence-corrected chi connectivity index (χ4v) is 3.09. The van der Waals surface area contributed by atoms with Gasteiger partial charge in [-0.1, -0.05) is 0 Å². The van der Waals surface area contributed by atoms with Crippen molar-refractivity contribution >= 4 is 6.09 Å². The normalized spacial score (nSPS) is 27.4. The van der Waals surface area contributed by atoms with Gasteiger partial charge in [0.15, 0.2) is 0 Å². The number of morpholine rings is 1. The summed E-state index contributed by atoms with van der Waals surface area (Å²) >= 11 is 0. The van der Waals surface area contributed by atoms with Gasteiger partial charge in [-0.05, 0) is 20.8 Å². The highest BCUT2D eigenvalue weighted by Crippen LogP contribution is 2.31. The molecule has 3 atom stereocenters. The highest BCUT2D eigenvalue weighted by Gasteiger charge is 2.44. The zero-order chi connectivity index (χ0) is 16.4. The minimum absolute atomic E-state index is 0.00397. The first-order chi connectivity index (χ1) is 10.9. The van der Waals surface area contributed by atoms with E-state index >= 15 is 0 Å². The van der Waals surface area contributed by atoms with Gasteiger partial charge in [-0.15, -0.1) is 0 Å². The molecule has 2 aliphatic rings. The van der Waals surface area contributed by atoms with Crippen molar-refractivity contribution in [3.8, 4) is 5.88 Å². The van der Waals surface area contributed by atoms with Crippen LogP contribution < -0.4 is 4.74 Å². The van der Waals surface area contributed by atoms with Gasteiger partial charge in [-0.3, -0.25) is 9.88 Å². The molecule has 7 nitrogen and oxygen atoms in total. The molecule has 1 amide bonds. The molecule has 23 heavy (non-hydrogen) atoms. The summed E-state index contributed by atoms with van der Waals surface area (Å²) in [6.07, 6.45) is 5.96. The largest absolute Gasteiger partial charge is 0.473 e. The number of aromatic nitrogens is 2. The van der Waals surface area contributed by atoms with Crippen LogP contribution in [0.3, 0.4) is 0 Å². The number of amides is 1. The number of hydrogen-bond donors (Lipinski definition) is 0. The molecule has 0 aromatic carbocycles. The molecule has 3 heterocycles. The maximum Gasteiger partial charge on any atom is 0.410 e. The molecule has 2 saturated heterocycles. The Bertz CT molecular complexity index is 532. The van der Waals surface area contributed by atoms with E-state index in [0.29, 0.717) is 31.9 Å². The first-order valence-electron chi connectivity index (χ1n) is 7.94. The Labute approximate surface area is 136 Å². The summed E-state index contributed by atoms with van der Waals surface area (Å²) < 4.78 is 17.1. The zero-order valence-electron chi connectivity index (χ0n) is 13.8. The second kappa shape index (κ2) is 6.31. The second-order valence-electron chi connectivity index (χ2n) is 6.99. The van der Waals surface area contributed by atoms with Gasteiger partial charge in [0.25, 0.3) is 0 Å². The van der Waals surface area contributed by atoms with Crippen molar-refractivity contribution in [2.75, 3.05) is 13.2 Å². The maximum atomic E-state index is 12.5. The van der Waals surface area contributed by atoms with Crippen LogP contribution in [0.5, 0.6) is 5.88 Å². The number of ether oxygens (including phenoxy) is 3. The smallest absolute Gasteiger partial charge is 0.410 e. The predicted octanol–water partition coefficient (Wildman–Crippen LogP) is 2.02. The molecule has 1 aromatic rings. The van der Waals surface area contributed by atoms with Crippen LogP contribution in [0.4, 0.5) is 4.79 Å². The summed E-state index contributed by atoms with van der Waals surface area (Å²) in [7, 11) is 0. The third-order valence-electron chi connectivity index (χ3n) is 3.91. The molecule has 2 bridgehead atoms. The van der Waals surface area contributed by atoms with E-state index in [1.807, 2.05) is 25.7 Å². The Morgan fingerprint density at radius 3 is 2.52 bits per heavy atom. The molecule has 2 fully saturated rings. The van der Waals surface area contributed by atoms with Gasteiger partial charge in [0.2, 0.25) is 5.88 Å². The maximum absolute atomic E-state index is 12.5. The van der Waals surface area contributed by atoms with Gasteiger partial charge in [0.05, 0.1) is 31.5 Å². The standard InChI is InChI=1S/C16H23N3O4/c1-16(2,3)23-15(20)19-11-6-13(7-12(19)10-21-9-11)22-14-8-17-4-5-18-14/h4-5,8,11-13H,6-7,9-10H2,1-3H3/t11-,12+,13?. The Morgan fingerprint density at radius 2 is 1.96 bits per heavy atom. The summed E-state index contributed by atoms with van der Waals surface area (Å²) in [5.74, 6) is 0.516. The summed E-state index contributed by atoms with van der Waals surface area (Å²) in [6.45, 7) is 6.65. The number of carbonyl (C=O) groups excluding carboxylic acids is 1. The molecule has 1 unspecified atom stereocenters. The van der Waals surface area contributed by atoms with Crippen molar-refractivity contribution < 1.29 is 19.0 Å². The highest BCUT2D eigenvalue weighted by atomic mass is 16.6. The van der Waals surface area contributed by atoms with Gasteiger partial charge in [-0.25, -0.2) is 9.78 Å². The lowest BCUT2D eigenvalue weighted by molar-refractivity contribution is -0.0998. The van der Waals surface area contributed by atoms with Gasteiger partial charge < -0.3 is 14.2 Å². The fourth-order valence-electron chi connectivity index (χ4n) is 3.09. The van der Waals surface area contributed by atoms with Crippen LogP contribution in [0.25, 0.3) is 0 Å². The lowest BCUT2D eigenvalue weighted by atomic mass is 9.92. The first-order valence-corrected chi connectivity index (χ1v) is 7.94. The second-order valence-corrected chi connectivity index (χ2v) is 6.99. The molecule has 126 valence electrons. The summed E-state index contributed by atoms with van der Waals surface area (Å²) in [6, 6.07) is -0.0574. The van der Waals surface area contributed by atoms with Crippen LogP contribution in [-0.2, 0) is 9.47 Å². The number of hydrogen-bond acceptors (Lipinski definition) is 6. The molecule has 0 spiro atoms. The number of fused-ring (bicyclic) bond motifs is 2. The molecular weight excluding hydrogens is 298 g/mol. The van der Waals surface area contributed by atoms with E-state index in [2.05, 4.69) is 9.97 Å². The summed E-state index contributed by atoms with van der Waals surface area (Å²) in [4.78, 5) is 22.5. The van der Waals surface area contributed by atoms with Crippen LogP contribution in [0.2, 0.25) is 0 Å². The van der Waals surface area contributed by atoms with Gasteiger partial charge in [-0.2, -0.15) is 0 Å². The van der Waals surface area contributed by atoms with E-state index in [9.17, 15) is 4.79 Å². The van der Waals surface area contributed by atoms with E-state index < -0.39 is 5.60 Å². The van der Waals surface area contributed by atoms with Crippen molar-refractivity contribution in [2.45, 2.75) is 57.4 Å². The van der Waals surface area contributed by atoms with E-state index in [4.69, 9.17) is 14.2 Å². The monoisotopic (exact) mass is 321 g/mol. The highest BCUT2D eigenvalue weighted by molar-refractivity contribution is 5.69. The minimum Gasteiger partial charge on any atom is -0.473 e. The lowest BCUT2D eigenvalue weighted by Crippen LogP contribution is -2.61. The Kier molecular flexibility index (Phi) is 4.39. The molecule has 7 heteroatoms. The Hall–Kier alpha value is -1.89. The van der Waals surface area contributed by atoms with E-state index in [0.717, 1.165) is 0 Å². The van der Waals surface area contributed by atoms with Crippen molar-refractivity contribution in [1.82, 2.24) is 14.9 Å². The topological polar surface area (TPSA) is 73.8 Å². The third-order valence-corrected chi connectivity index (χ3v) is 3.91. The number of nitrogens with zero attached hydrogens (tertiary/aromatic N) is 3. The molecule has 0 saturated carbocycles. The van der Waals surface area contributed by atoms with Gasteiger partial charge in [0.1, 0.15) is 11.7 Å². The van der Waals surface area contributed by atoms with Crippen LogP contribution in [-0.4, -0.2) is 58.0 Å². The van der Waals surface area contributed by atoms with Crippen LogP contribution >= 0.6 is 0 Å². The Morgan fingerprint density at radius 1 is 1.26 bits per heavy atom. The molecule has 0 aliphatic carbocycles. The molecule has 2 aliphatic heterocycles. The zero-order valence-corrected chi connectivity index (χ0v) is 13.8. The summed E-state index contributed by atoms with van der Waals surface area (Å²) in [5, 5.41) is 0. The molecule has 0 radical (unpaired) electrons. The number of carbonyl (C=O) groups is 1. The van der Waals surface area contributed by atoms with Crippen molar-refractivity contribution in [1.29, 1.82) is 0 Å². The third kappa shape index (κ3) is 3.90. The predicted molar refractivity (Wildman–Crippen MR) is 82.2 cm³/mol.